The predicted octanol–water partition coefficient (Wildman–Crippen LogP) is 11.2. The summed E-state index contributed by atoms with van der Waals surface area (Å²) in [6.07, 6.45) is 3.84. The van der Waals surface area contributed by atoms with Crippen LogP contribution in [0.25, 0.3) is 28.3 Å². The van der Waals surface area contributed by atoms with E-state index in [1.54, 1.807) is 0 Å². The molecule has 0 amide bonds. The summed E-state index contributed by atoms with van der Waals surface area (Å²) in [5, 5.41) is 27.8. The van der Waals surface area contributed by atoms with E-state index in [4.69, 9.17) is 15.0 Å². The maximum absolute atomic E-state index is 13.9. The van der Waals surface area contributed by atoms with Gasteiger partial charge in [-0.25, -0.2) is 4.98 Å². The van der Waals surface area contributed by atoms with Crippen LogP contribution in [0, 0.1) is 16.7 Å². The van der Waals surface area contributed by atoms with Gasteiger partial charge in [0.2, 0.25) is 5.82 Å². The van der Waals surface area contributed by atoms with E-state index in [0.29, 0.717) is 51.2 Å². The standard InChI is InChI=1S/C45H60N3O3/c1-40(2,3)28-19-25(20-29(34(28)49)41(4,5)6)37-46-38(26-21-30(42(7,8)9)35(50)31(22-26)43(10,11)12)48-39(47-37)27-23-32(44(13,14)15)36(51)33(24-27)45(16,17)18/h19-24H,1-18H3. The van der Waals surface area contributed by atoms with E-state index in [0.717, 1.165) is 16.7 Å². The summed E-state index contributed by atoms with van der Waals surface area (Å²) < 4.78 is 0. The van der Waals surface area contributed by atoms with Crippen molar-refractivity contribution in [3.63, 3.8) is 0 Å². The zero-order chi connectivity index (χ0) is 39.0. The Labute approximate surface area is 308 Å². The molecule has 0 fully saturated rings. The van der Waals surface area contributed by atoms with Crippen LogP contribution in [0.15, 0.2) is 42.0 Å². The third kappa shape index (κ3) is 8.26. The van der Waals surface area contributed by atoms with Crippen LogP contribution in [-0.4, -0.2) is 20.7 Å². The summed E-state index contributed by atoms with van der Waals surface area (Å²) >= 11 is 0. The van der Waals surface area contributed by atoms with Crippen molar-refractivity contribution in [2.75, 3.05) is 0 Å². The first-order chi connectivity index (χ1) is 22.8. The number of benzene rings is 2. The van der Waals surface area contributed by atoms with Gasteiger partial charge in [0, 0.05) is 33.1 Å². The first kappa shape index (κ1) is 39.8. The van der Waals surface area contributed by atoms with Crippen molar-refractivity contribution in [2.24, 2.45) is 10.8 Å². The molecule has 3 aromatic rings. The van der Waals surface area contributed by atoms with Gasteiger partial charge >= 0.3 is 0 Å². The van der Waals surface area contributed by atoms with Crippen molar-refractivity contribution in [1.29, 1.82) is 0 Å². The van der Waals surface area contributed by atoms with Gasteiger partial charge in [-0.2, -0.15) is 9.97 Å². The lowest BCUT2D eigenvalue weighted by molar-refractivity contribution is -0.271. The Morgan fingerprint density at radius 1 is 0.529 bits per heavy atom. The zero-order valence-electron chi connectivity index (χ0n) is 34.5. The number of carbonyl (C=O) groups is 1. The number of hydrogen-bond acceptors (Lipinski definition) is 5. The third-order valence-corrected chi connectivity index (χ3v) is 9.52. The van der Waals surface area contributed by atoms with Crippen LogP contribution < -0.4 is 5.11 Å². The number of carbonyl (C=O) groups excluding carboxylic acids is 1. The number of ketones is 1. The normalized spacial score (nSPS) is 15.3. The van der Waals surface area contributed by atoms with Gasteiger partial charge in [0.05, 0.1) is 12.2 Å². The number of hydrogen-bond donors (Lipinski definition) is 0. The van der Waals surface area contributed by atoms with Gasteiger partial charge in [0.1, 0.15) is 17.1 Å². The summed E-state index contributed by atoms with van der Waals surface area (Å²) in [5.41, 5.74) is 3.05. The first-order valence-corrected chi connectivity index (χ1v) is 18.2. The van der Waals surface area contributed by atoms with Crippen molar-refractivity contribution in [3.05, 3.63) is 76.0 Å². The summed E-state index contributed by atoms with van der Waals surface area (Å²) in [5.74, 6) is 2.04. The van der Waals surface area contributed by atoms with Gasteiger partial charge in [0.15, 0.2) is 17.4 Å². The van der Waals surface area contributed by atoms with Gasteiger partial charge in [-0.05, 0) is 98.6 Å². The minimum Gasteiger partial charge on any atom is -0.872 e. The topological polar surface area (TPSA) is 98.7 Å². The van der Waals surface area contributed by atoms with Crippen LogP contribution in [0.1, 0.15) is 153 Å². The lowest BCUT2D eigenvalue weighted by Crippen LogP contribution is -2.32. The molecule has 2 aromatic carbocycles. The van der Waals surface area contributed by atoms with Crippen LogP contribution in [0.5, 0.6) is 11.5 Å². The van der Waals surface area contributed by atoms with Crippen LogP contribution in [0.3, 0.4) is 0 Å². The summed E-state index contributed by atoms with van der Waals surface area (Å²) in [6.45, 7) is 36.8. The Balaban J connectivity index is 2.20. The van der Waals surface area contributed by atoms with E-state index >= 15 is 0 Å². The summed E-state index contributed by atoms with van der Waals surface area (Å²) in [6, 6.07) is 7.68. The smallest absolute Gasteiger partial charge is 0.291 e. The lowest BCUT2D eigenvalue weighted by Gasteiger charge is -2.34. The van der Waals surface area contributed by atoms with E-state index in [-0.39, 0.29) is 17.3 Å². The number of aromatic nitrogens is 3. The first-order valence-electron chi connectivity index (χ1n) is 18.2. The second-order valence-corrected chi connectivity index (χ2v) is 20.5. The average molecular weight is 691 g/mol. The molecule has 1 aliphatic rings. The number of Topliss-reactive ketones (excluding diaryl/α,β-unsaturated/α-hetero) is 1. The van der Waals surface area contributed by atoms with Gasteiger partial charge in [-0.3, -0.25) is 9.90 Å². The largest absolute Gasteiger partial charge is 0.872 e. The highest BCUT2D eigenvalue weighted by molar-refractivity contribution is 6.13. The second-order valence-electron chi connectivity index (χ2n) is 20.5. The van der Waals surface area contributed by atoms with Crippen LogP contribution in [-0.2, 0) is 31.6 Å². The Bertz CT molecular complexity index is 1750. The van der Waals surface area contributed by atoms with E-state index in [1.165, 1.54) is 0 Å². The Morgan fingerprint density at radius 2 is 0.882 bits per heavy atom. The van der Waals surface area contributed by atoms with Crippen LogP contribution in [0.2, 0.25) is 0 Å². The highest BCUT2D eigenvalue weighted by Gasteiger charge is 2.46. The van der Waals surface area contributed by atoms with Crippen LogP contribution in [0.4, 0.5) is 0 Å². The van der Waals surface area contributed by atoms with Gasteiger partial charge in [-0.1, -0.05) is 83.1 Å². The third-order valence-electron chi connectivity index (χ3n) is 9.52. The van der Waals surface area contributed by atoms with Crippen molar-refractivity contribution >= 4 is 11.4 Å². The predicted molar refractivity (Wildman–Crippen MR) is 208 cm³/mol. The minimum atomic E-state index is -0.424. The summed E-state index contributed by atoms with van der Waals surface area (Å²) in [4.78, 5) is 29.3. The van der Waals surface area contributed by atoms with Crippen molar-refractivity contribution < 1.29 is 15.0 Å². The molecule has 1 aliphatic carbocycles. The van der Waals surface area contributed by atoms with Crippen LogP contribution >= 0.6 is 0 Å². The number of nitrogens with zero attached hydrogens (tertiary/aromatic N) is 3. The molecule has 0 bridgehead atoms. The molecular weight excluding hydrogens is 631 g/mol. The zero-order valence-corrected chi connectivity index (χ0v) is 34.5. The molecule has 0 saturated heterocycles. The van der Waals surface area contributed by atoms with Gasteiger partial charge in [0.25, 0.3) is 5.78 Å². The molecule has 1 aromatic heterocycles. The molecule has 6 heteroatoms. The number of allylic oxidation sites excluding steroid dienone is 4. The lowest BCUT2D eigenvalue weighted by atomic mass is 9.68. The fourth-order valence-corrected chi connectivity index (χ4v) is 6.38. The maximum Gasteiger partial charge on any atom is 0.291 e. The van der Waals surface area contributed by atoms with Gasteiger partial charge < -0.3 is 5.11 Å². The Kier molecular flexibility index (Phi) is 9.87. The quantitative estimate of drug-likeness (QED) is 0.255. The van der Waals surface area contributed by atoms with Crippen molar-refractivity contribution in [1.82, 2.24) is 15.0 Å². The molecule has 51 heavy (non-hydrogen) atoms. The molecule has 0 saturated carbocycles. The molecule has 4 rings (SSSR count). The molecular formula is C45H60N3O3. The molecule has 0 aliphatic heterocycles. The van der Waals surface area contributed by atoms with E-state index in [9.17, 15) is 15.0 Å². The highest BCUT2D eigenvalue weighted by atomic mass is 16.3. The SMILES string of the molecule is CC(C)(C)C1=CC(c2nc(-c3cc(C(C)(C)C)c([O])c(C(C)(C)C)c3)nc(-c3cc(C(C)(C)C)c([O-])c(C(C)(C)C)c3)n2)=C[C+](C(C)(C)C)C1=O. The number of rotatable bonds is 3. The monoisotopic (exact) mass is 690 g/mol. The molecule has 1 radical (unpaired) electrons. The van der Waals surface area contributed by atoms with Gasteiger partial charge in [-0.15, -0.1) is 5.75 Å². The molecule has 273 valence electrons. The minimum absolute atomic E-state index is 0.0274. The average Bonchev–Trinajstić information content (AvgIpc) is 2.93. The molecule has 0 N–H and O–H groups in total. The fraction of sp³-hybridized carbons (Fsp3) is 0.533. The Morgan fingerprint density at radius 3 is 1.22 bits per heavy atom. The molecule has 0 unspecified atom stereocenters. The highest BCUT2D eigenvalue weighted by Crippen LogP contribution is 2.45. The summed E-state index contributed by atoms with van der Waals surface area (Å²) in [7, 11) is 0. The molecule has 0 atom stereocenters. The van der Waals surface area contributed by atoms with E-state index in [1.807, 2.05) is 161 Å². The molecule has 0 spiro atoms. The molecule has 6 nitrogen and oxygen atoms in total. The van der Waals surface area contributed by atoms with E-state index in [2.05, 4.69) is 0 Å². The Hall–Kier alpha value is -3.93. The van der Waals surface area contributed by atoms with E-state index < -0.39 is 32.5 Å². The van der Waals surface area contributed by atoms with Crippen molar-refractivity contribution in [3.8, 4) is 34.3 Å². The van der Waals surface area contributed by atoms with Crippen molar-refractivity contribution in [2.45, 2.75) is 146 Å². The maximum atomic E-state index is 13.9. The fourth-order valence-electron chi connectivity index (χ4n) is 6.38. The molecule has 1 heterocycles. The second kappa shape index (κ2) is 12.6.